The van der Waals surface area contributed by atoms with E-state index in [4.69, 9.17) is 4.74 Å². The van der Waals surface area contributed by atoms with Crippen molar-refractivity contribution in [3.8, 4) is 5.75 Å². The number of benzene rings is 2. The standard InChI is InChI=1S/C22H17FN2O3/c1-4-14-19(24-18-10-9-13(23)11-17(18)20(14)28-3)12(2)25-21(26)15-7-5-6-8-16(15)22(25)27/h4-12H,1H2,2-3H3. The molecule has 2 amide bonds. The highest BCUT2D eigenvalue weighted by atomic mass is 19.1. The van der Waals surface area contributed by atoms with Gasteiger partial charge in [0.2, 0.25) is 0 Å². The number of carbonyl (C=O) groups is 2. The lowest BCUT2D eigenvalue weighted by Gasteiger charge is -2.25. The molecule has 0 aliphatic carbocycles. The topological polar surface area (TPSA) is 59.5 Å². The second-order valence-corrected chi connectivity index (χ2v) is 6.51. The van der Waals surface area contributed by atoms with Crippen molar-refractivity contribution in [1.82, 2.24) is 9.88 Å². The Labute approximate surface area is 161 Å². The number of hydrogen-bond acceptors (Lipinski definition) is 4. The van der Waals surface area contributed by atoms with Gasteiger partial charge in [-0.3, -0.25) is 14.5 Å². The zero-order valence-electron chi connectivity index (χ0n) is 15.4. The van der Waals surface area contributed by atoms with Crippen LogP contribution in [0.2, 0.25) is 0 Å². The van der Waals surface area contributed by atoms with Crippen LogP contribution in [0.3, 0.4) is 0 Å². The number of pyridine rings is 1. The number of fused-ring (bicyclic) bond motifs is 2. The van der Waals surface area contributed by atoms with Gasteiger partial charge in [-0.05, 0) is 37.3 Å². The van der Waals surface area contributed by atoms with E-state index < -0.39 is 11.9 Å². The summed E-state index contributed by atoms with van der Waals surface area (Å²) in [4.78, 5) is 31.5. The molecule has 28 heavy (non-hydrogen) atoms. The van der Waals surface area contributed by atoms with Gasteiger partial charge in [0.15, 0.2) is 0 Å². The van der Waals surface area contributed by atoms with Crippen molar-refractivity contribution >= 4 is 28.8 Å². The maximum absolute atomic E-state index is 13.7. The molecule has 1 aliphatic rings. The molecule has 0 saturated heterocycles. The Morgan fingerprint density at radius 3 is 2.36 bits per heavy atom. The maximum Gasteiger partial charge on any atom is 0.262 e. The second kappa shape index (κ2) is 6.56. The number of halogens is 1. The van der Waals surface area contributed by atoms with Crippen molar-refractivity contribution in [3.05, 3.63) is 77.2 Å². The van der Waals surface area contributed by atoms with E-state index in [1.165, 1.54) is 24.1 Å². The molecule has 1 unspecified atom stereocenters. The molecule has 0 fully saturated rings. The molecule has 2 aromatic carbocycles. The highest BCUT2D eigenvalue weighted by molar-refractivity contribution is 6.21. The second-order valence-electron chi connectivity index (χ2n) is 6.51. The van der Waals surface area contributed by atoms with E-state index in [1.807, 2.05) is 0 Å². The van der Waals surface area contributed by atoms with Gasteiger partial charge in [-0.25, -0.2) is 9.37 Å². The number of methoxy groups -OCH3 is 1. The minimum atomic E-state index is -0.663. The Balaban J connectivity index is 1.90. The SMILES string of the molecule is C=Cc1c(C(C)N2C(=O)c3ccccc3C2=O)nc2ccc(F)cc2c1OC. The molecule has 1 aromatic heterocycles. The van der Waals surface area contributed by atoms with Crippen LogP contribution in [0.15, 0.2) is 49.0 Å². The minimum absolute atomic E-state index is 0.370. The van der Waals surface area contributed by atoms with Crippen LogP contribution >= 0.6 is 0 Å². The fraction of sp³-hybridized carbons (Fsp3) is 0.136. The molecule has 2 heterocycles. The number of nitrogens with zero attached hydrogens (tertiary/aromatic N) is 2. The van der Waals surface area contributed by atoms with E-state index in [9.17, 15) is 14.0 Å². The van der Waals surface area contributed by atoms with Gasteiger partial charge in [-0.2, -0.15) is 0 Å². The Hall–Kier alpha value is -3.54. The number of imide groups is 1. The van der Waals surface area contributed by atoms with E-state index in [0.29, 0.717) is 39.0 Å². The Morgan fingerprint density at radius 1 is 1.14 bits per heavy atom. The van der Waals surface area contributed by atoms with Gasteiger partial charge >= 0.3 is 0 Å². The van der Waals surface area contributed by atoms with Gasteiger partial charge in [0.25, 0.3) is 11.8 Å². The molecule has 5 nitrogen and oxygen atoms in total. The number of rotatable bonds is 4. The summed E-state index contributed by atoms with van der Waals surface area (Å²) in [6.45, 7) is 5.54. The number of hydrogen-bond donors (Lipinski definition) is 0. The van der Waals surface area contributed by atoms with Crippen molar-refractivity contribution < 1.29 is 18.7 Å². The zero-order valence-corrected chi connectivity index (χ0v) is 15.4. The summed E-state index contributed by atoms with van der Waals surface area (Å²) in [6.07, 6.45) is 1.54. The first kappa shape index (κ1) is 17.9. The zero-order chi connectivity index (χ0) is 20.0. The van der Waals surface area contributed by atoms with Crippen molar-refractivity contribution in [2.75, 3.05) is 7.11 Å². The molecule has 0 spiro atoms. The van der Waals surface area contributed by atoms with Gasteiger partial charge in [0.05, 0.1) is 35.5 Å². The summed E-state index contributed by atoms with van der Waals surface area (Å²) >= 11 is 0. The van der Waals surface area contributed by atoms with Crippen LogP contribution in [0.25, 0.3) is 17.0 Å². The smallest absolute Gasteiger partial charge is 0.262 e. The third-order valence-corrected chi connectivity index (χ3v) is 4.98. The normalized spacial score (nSPS) is 14.3. The van der Waals surface area contributed by atoms with Gasteiger partial charge in [0, 0.05) is 10.9 Å². The summed E-state index contributed by atoms with van der Waals surface area (Å²) < 4.78 is 19.2. The third kappa shape index (κ3) is 2.49. The average molecular weight is 376 g/mol. The van der Waals surface area contributed by atoms with Gasteiger partial charge in [0.1, 0.15) is 11.6 Å². The van der Waals surface area contributed by atoms with Crippen LogP contribution < -0.4 is 4.74 Å². The molecule has 140 valence electrons. The van der Waals surface area contributed by atoms with Crippen LogP contribution in [0.4, 0.5) is 4.39 Å². The predicted molar refractivity (Wildman–Crippen MR) is 104 cm³/mol. The van der Waals surface area contributed by atoms with Crippen molar-refractivity contribution in [2.24, 2.45) is 0 Å². The molecule has 1 aliphatic heterocycles. The lowest BCUT2D eigenvalue weighted by atomic mass is 10.0. The fourth-order valence-electron chi connectivity index (χ4n) is 3.66. The minimum Gasteiger partial charge on any atom is -0.495 e. The first-order valence-electron chi connectivity index (χ1n) is 8.74. The average Bonchev–Trinajstić information content (AvgIpc) is 2.96. The number of ether oxygens (including phenoxy) is 1. The molecule has 0 saturated carbocycles. The van der Waals surface area contributed by atoms with Crippen LogP contribution in [0, 0.1) is 5.82 Å². The van der Waals surface area contributed by atoms with E-state index in [-0.39, 0.29) is 11.8 Å². The van der Waals surface area contributed by atoms with Crippen LogP contribution in [0.1, 0.15) is 44.9 Å². The number of amides is 2. The highest BCUT2D eigenvalue weighted by Crippen LogP contribution is 2.38. The summed E-state index contributed by atoms with van der Waals surface area (Å²) in [7, 11) is 1.48. The Bertz CT molecular complexity index is 1120. The van der Waals surface area contributed by atoms with Crippen LogP contribution in [0.5, 0.6) is 5.75 Å². The Kier molecular flexibility index (Phi) is 4.19. The number of aromatic nitrogens is 1. The first-order valence-corrected chi connectivity index (χ1v) is 8.74. The molecule has 3 aromatic rings. The Morgan fingerprint density at radius 2 is 1.79 bits per heavy atom. The molecule has 6 heteroatoms. The molecule has 4 rings (SSSR count). The summed E-state index contributed by atoms with van der Waals surface area (Å²) in [6, 6.07) is 10.2. The van der Waals surface area contributed by atoms with E-state index in [1.54, 1.807) is 43.3 Å². The van der Waals surface area contributed by atoms with Gasteiger partial charge in [-0.15, -0.1) is 0 Å². The summed E-state index contributed by atoms with van der Waals surface area (Å²) in [5.41, 5.74) is 2.22. The molecular weight excluding hydrogens is 359 g/mol. The first-order chi connectivity index (χ1) is 13.5. The van der Waals surface area contributed by atoms with E-state index >= 15 is 0 Å². The van der Waals surface area contributed by atoms with Gasteiger partial charge in [-0.1, -0.05) is 24.8 Å². The third-order valence-electron chi connectivity index (χ3n) is 4.98. The fourth-order valence-corrected chi connectivity index (χ4v) is 3.66. The quantitative estimate of drug-likeness (QED) is 0.634. The molecule has 1 atom stereocenters. The van der Waals surface area contributed by atoms with Crippen molar-refractivity contribution in [2.45, 2.75) is 13.0 Å². The predicted octanol–water partition coefficient (Wildman–Crippen LogP) is 4.38. The molecular formula is C22H17FN2O3. The molecule has 0 N–H and O–H groups in total. The monoisotopic (exact) mass is 376 g/mol. The van der Waals surface area contributed by atoms with E-state index in [2.05, 4.69) is 11.6 Å². The van der Waals surface area contributed by atoms with Gasteiger partial charge < -0.3 is 4.74 Å². The number of carbonyl (C=O) groups excluding carboxylic acids is 2. The summed E-state index contributed by atoms with van der Waals surface area (Å²) in [5, 5.41) is 0.496. The summed E-state index contributed by atoms with van der Waals surface area (Å²) in [5.74, 6) is -0.757. The van der Waals surface area contributed by atoms with Crippen LogP contribution in [-0.4, -0.2) is 28.8 Å². The largest absolute Gasteiger partial charge is 0.495 e. The molecule has 0 bridgehead atoms. The van der Waals surface area contributed by atoms with Crippen LogP contribution in [-0.2, 0) is 0 Å². The maximum atomic E-state index is 13.7. The lowest BCUT2D eigenvalue weighted by molar-refractivity contribution is 0.0592. The van der Waals surface area contributed by atoms with E-state index in [0.717, 1.165) is 0 Å². The molecule has 0 radical (unpaired) electrons. The highest BCUT2D eigenvalue weighted by Gasteiger charge is 2.40. The lowest BCUT2D eigenvalue weighted by Crippen LogP contribution is -2.33. The van der Waals surface area contributed by atoms with Crippen molar-refractivity contribution in [3.63, 3.8) is 0 Å². The van der Waals surface area contributed by atoms with Crippen molar-refractivity contribution in [1.29, 1.82) is 0 Å².